The monoisotopic (exact) mass is 229 g/mol. The molecule has 2 rings (SSSR count). The van der Waals surface area contributed by atoms with Crippen LogP contribution >= 0.6 is 0 Å². The molecule has 17 heavy (non-hydrogen) atoms. The number of hydrogen-bond donors (Lipinski definition) is 1. The molecule has 2 aromatic rings. The summed E-state index contributed by atoms with van der Waals surface area (Å²) in [5, 5.41) is 0. The molecule has 0 radical (unpaired) electrons. The summed E-state index contributed by atoms with van der Waals surface area (Å²) in [6.07, 6.45) is 3.79. The van der Waals surface area contributed by atoms with Gasteiger partial charge in [-0.2, -0.15) is 0 Å². The maximum Gasteiger partial charge on any atom is 0.0953 e. The average Bonchev–Trinajstić information content (AvgIpc) is 2.72. The standard InChI is InChI=1S/C14H19N3/c1-3-11-4-6-12(7-5-11)14-13(8-9-15)17(2)10-16-14/h4-7,10H,3,8-9,15H2,1-2H3. The molecule has 1 aromatic carbocycles. The third-order valence-corrected chi connectivity index (χ3v) is 3.08. The summed E-state index contributed by atoms with van der Waals surface area (Å²) < 4.78 is 2.05. The molecule has 0 atom stereocenters. The van der Waals surface area contributed by atoms with Gasteiger partial charge in [0.1, 0.15) is 0 Å². The summed E-state index contributed by atoms with van der Waals surface area (Å²) in [6, 6.07) is 8.61. The summed E-state index contributed by atoms with van der Waals surface area (Å²) >= 11 is 0. The number of benzene rings is 1. The Labute approximate surface area is 102 Å². The Morgan fingerprint density at radius 3 is 2.53 bits per heavy atom. The minimum atomic E-state index is 0.652. The van der Waals surface area contributed by atoms with Crippen LogP contribution in [-0.4, -0.2) is 16.1 Å². The van der Waals surface area contributed by atoms with Crippen molar-refractivity contribution in [2.75, 3.05) is 6.54 Å². The number of imidazole rings is 1. The zero-order valence-corrected chi connectivity index (χ0v) is 10.5. The van der Waals surface area contributed by atoms with Crippen molar-refractivity contribution in [3.05, 3.63) is 41.9 Å². The fourth-order valence-electron chi connectivity index (χ4n) is 2.03. The van der Waals surface area contributed by atoms with Crippen molar-refractivity contribution in [2.45, 2.75) is 19.8 Å². The molecular formula is C14H19N3. The highest BCUT2D eigenvalue weighted by molar-refractivity contribution is 5.62. The van der Waals surface area contributed by atoms with Crippen LogP contribution in [0.1, 0.15) is 18.2 Å². The summed E-state index contributed by atoms with van der Waals surface area (Å²) in [5.74, 6) is 0. The van der Waals surface area contributed by atoms with Crippen LogP contribution in [0.15, 0.2) is 30.6 Å². The number of aryl methyl sites for hydroxylation is 2. The lowest BCUT2D eigenvalue weighted by atomic mass is 10.1. The first kappa shape index (κ1) is 11.9. The van der Waals surface area contributed by atoms with Crippen molar-refractivity contribution in [1.82, 2.24) is 9.55 Å². The molecule has 0 aliphatic rings. The fraction of sp³-hybridized carbons (Fsp3) is 0.357. The Hall–Kier alpha value is -1.61. The van der Waals surface area contributed by atoms with Gasteiger partial charge in [0.2, 0.25) is 0 Å². The summed E-state index contributed by atoms with van der Waals surface area (Å²) in [6.45, 7) is 2.81. The fourth-order valence-corrected chi connectivity index (χ4v) is 2.03. The summed E-state index contributed by atoms with van der Waals surface area (Å²) in [4.78, 5) is 4.47. The first-order chi connectivity index (χ1) is 8.26. The van der Waals surface area contributed by atoms with Crippen LogP contribution in [0.2, 0.25) is 0 Å². The molecule has 90 valence electrons. The Morgan fingerprint density at radius 2 is 1.94 bits per heavy atom. The van der Waals surface area contributed by atoms with Gasteiger partial charge in [-0.15, -0.1) is 0 Å². The quantitative estimate of drug-likeness (QED) is 0.873. The first-order valence-electron chi connectivity index (χ1n) is 6.05. The van der Waals surface area contributed by atoms with Crippen molar-refractivity contribution in [3.8, 4) is 11.3 Å². The minimum Gasteiger partial charge on any atom is -0.337 e. The van der Waals surface area contributed by atoms with Gasteiger partial charge in [-0.05, 0) is 18.5 Å². The molecule has 0 aliphatic heterocycles. The lowest BCUT2D eigenvalue weighted by Gasteiger charge is -2.05. The number of hydrogen-bond acceptors (Lipinski definition) is 2. The van der Waals surface area contributed by atoms with E-state index in [4.69, 9.17) is 5.73 Å². The van der Waals surface area contributed by atoms with Gasteiger partial charge in [0.25, 0.3) is 0 Å². The normalized spacial score (nSPS) is 10.8. The van der Waals surface area contributed by atoms with Gasteiger partial charge < -0.3 is 10.3 Å². The first-order valence-corrected chi connectivity index (χ1v) is 6.05. The van der Waals surface area contributed by atoms with Gasteiger partial charge in [0.15, 0.2) is 0 Å². The Bertz CT molecular complexity index is 483. The maximum absolute atomic E-state index is 5.64. The molecule has 2 N–H and O–H groups in total. The summed E-state index contributed by atoms with van der Waals surface area (Å²) in [5.41, 5.74) is 10.4. The molecular weight excluding hydrogens is 210 g/mol. The van der Waals surface area contributed by atoms with Crippen molar-refractivity contribution >= 4 is 0 Å². The highest BCUT2D eigenvalue weighted by atomic mass is 15.0. The molecule has 0 amide bonds. The highest BCUT2D eigenvalue weighted by Crippen LogP contribution is 2.22. The molecule has 0 saturated heterocycles. The number of aromatic nitrogens is 2. The van der Waals surface area contributed by atoms with Gasteiger partial charge in [-0.3, -0.25) is 0 Å². The van der Waals surface area contributed by atoms with E-state index >= 15 is 0 Å². The third-order valence-electron chi connectivity index (χ3n) is 3.08. The predicted octanol–water partition coefficient (Wildman–Crippen LogP) is 2.15. The van der Waals surface area contributed by atoms with E-state index in [1.165, 1.54) is 16.8 Å². The zero-order valence-electron chi connectivity index (χ0n) is 10.5. The second kappa shape index (κ2) is 5.15. The van der Waals surface area contributed by atoms with Gasteiger partial charge in [0, 0.05) is 24.7 Å². The lowest BCUT2D eigenvalue weighted by molar-refractivity contribution is 0.805. The molecule has 3 heteroatoms. The molecule has 0 spiro atoms. The van der Waals surface area contributed by atoms with Crippen LogP contribution < -0.4 is 5.73 Å². The second-order valence-electron chi connectivity index (χ2n) is 4.24. The highest BCUT2D eigenvalue weighted by Gasteiger charge is 2.09. The van der Waals surface area contributed by atoms with Gasteiger partial charge >= 0.3 is 0 Å². The molecule has 0 aliphatic carbocycles. The molecule has 0 fully saturated rings. The van der Waals surface area contributed by atoms with E-state index in [2.05, 4.69) is 40.7 Å². The SMILES string of the molecule is CCc1ccc(-c2ncn(C)c2CCN)cc1. The lowest BCUT2D eigenvalue weighted by Crippen LogP contribution is -2.07. The van der Waals surface area contributed by atoms with E-state index in [-0.39, 0.29) is 0 Å². The minimum absolute atomic E-state index is 0.652. The van der Waals surface area contributed by atoms with Crippen LogP contribution in [0.5, 0.6) is 0 Å². The molecule has 0 bridgehead atoms. The average molecular weight is 229 g/mol. The van der Waals surface area contributed by atoms with Crippen LogP contribution in [-0.2, 0) is 19.9 Å². The Morgan fingerprint density at radius 1 is 1.24 bits per heavy atom. The smallest absolute Gasteiger partial charge is 0.0953 e. The second-order valence-corrected chi connectivity index (χ2v) is 4.24. The van der Waals surface area contributed by atoms with Gasteiger partial charge in [0.05, 0.1) is 12.0 Å². The molecule has 0 unspecified atom stereocenters. The van der Waals surface area contributed by atoms with Crippen LogP contribution in [0.4, 0.5) is 0 Å². The van der Waals surface area contributed by atoms with Crippen LogP contribution in [0.25, 0.3) is 11.3 Å². The number of rotatable bonds is 4. The van der Waals surface area contributed by atoms with E-state index in [0.717, 1.165) is 18.5 Å². The zero-order chi connectivity index (χ0) is 12.3. The Balaban J connectivity index is 2.38. The van der Waals surface area contributed by atoms with E-state index in [1.807, 2.05) is 13.4 Å². The van der Waals surface area contributed by atoms with Gasteiger partial charge in [-0.1, -0.05) is 31.2 Å². The Kier molecular flexibility index (Phi) is 3.59. The van der Waals surface area contributed by atoms with Crippen molar-refractivity contribution in [3.63, 3.8) is 0 Å². The van der Waals surface area contributed by atoms with E-state index in [1.54, 1.807) is 0 Å². The molecule has 1 aromatic heterocycles. The number of nitrogens with zero attached hydrogens (tertiary/aromatic N) is 2. The van der Waals surface area contributed by atoms with E-state index in [0.29, 0.717) is 6.54 Å². The van der Waals surface area contributed by atoms with Crippen LogP contribution in [0.3, 0.4) is 0 Å². The maximum atomic E-state index is 5.64. The van der Waals surface area contributed by atoms with Gasteiger partial charge in [-0.25, -0.2) is 4.98 Å². The van der Waals surface area contributed by atoms with Crippen molar-refractivity contribution in [1.29, 1.82) is 0 Å². The number of nitrogens with two attached hydrogens (primary N) is 1. The van der Waals surface area contributed by atoms with E-state index in [9.17, 15) is 0 Å². The predicted molar refractivity (Wildman–Crippen MR) is 70.8 cm³/mol. The topological polar surface area (TPSA) is 43.8 Å². The molecule has 3 nitrogen and oxygen atoms in total. The molecule has 0 saturated carbocycles. The largest absolute Gasteiger partial charge is 0.337 e. The van der Waals surface area contributed by atoms with Crippen LogP contribution in [0, 0.1) is 0 Å². The third kappa shape index (κ3) is 2.39. The summed E-state index contributed by atoms with van der Waals surface area (Å²) in [7, 11) is 2.02. The molecule has 1 heterocycles. The van der Waals surface area contributed by atoms with Crippen molar-refractivity contribution in [2.24, 2.45) is 12.8 Å². The van der Waals surface area contributed by atoms with E-state index < -0.39 is 0 Å². The van der Waals surface area contributed by atoms with Crippen molar-refractivity contribution < 1.29 is 0 Å².